The van der Waals surface area contributed by atoms with Crippen LogP contribution in [0, 0.1) is 6.92 Å². The third-order valence-electron chi connectivity index (χ3n) is 3.98. The van der Waals surface area contributed by atoms with Crippen LogP contribution in [0.25, 0.3) is 0 Å². The molecule has 0 aliphatic heterocycles. The Morgan fingerprint density at radius 2 is 1.74 bits per heavy atom. The molecule has 0 saturated carbocycles. The number of hydrogen-bond donors (Lipinski definition) is 2. The fraction of sp³-hybridized carbons (Fsp3) is 0.300. The first-order valence-corrected chi connectivity index (χ1v) is 8.36. The lowest BCUT2D eigenvalue weighted by atomic mass is 10.0. The van der Waals surface area contributed by atoms with Gasteiger partial charge in [0.1, 0.15) is 5.75 Å². The van der Waals surface area contributed by atoms with E-state index in [1.54, 1.807) is 24.3 Å². The summed E-state index contributed by atoms with van der Waals surface area (Å²) in [6.45, 7) is 1.67. The predicted molar refractivity (Wildman–Crippen MR) is 99.4 cm³/mol. The van der Waals surface area contributed by atoms with E-state index in [1.807, 2.05) is 25.1 Å². The molecule has 144 valence electrons. The first kappa shape index (κ1) is 20.1. The number of rotatable bonds is 9. The number of nitrogens with one attached hydrogen (secondary N) is 1. The van der Waals surface area contributed by atoms with Crippen molar-refractivity contribution in [1.82, 2.24) is 5.32 Å². The monoisotopic (exact) mass is 373 g/mol. The van der Waals surface area contributed by atoms with E-state index < -0.39 is 17.9 Å². The second-order valence-corrected chi connectivity index (χ2v) is 5.89. The van der Waals surface area contributed by atoms with Crippen LogP contribution in [-0.4, -0.2) is 37.8 Å². The Morgan fingerprint density at radius 1 is 1.04 bits per heavy atom. The van der Waals surface area contributed by atoms with Crippen LogP contribution >= 0.6 is 0 Å². The van der Waals surface area contributed by atoms with Gasteiger partial charge in [-0.05, 0) is 36.2 Å². The van der Waals surface area contributed by atoms with E-state index in [1.165, 1.54) is 14.2 Å². The summed E-state index contributed by atoms with van der Waals surface area (Å²) in [6, 6.07) is 11.6. The molecule has 2 N–H and O–H groups in total. The number of carbonyl (C=O) groups excluding carboxylic acids is 1. The number of aliphatic carboxylic acids is 1. The van der Waals surface area contributed by atoms with Crippen LogP contribution in [0.15, 0.2) is 42.5 Å². The summed E-state index contributed by atoms with van der Waals surface area (Å²) in [5.74, 6) is 0.128. The van der Waals surface area contributed by atoms with Crippen molar-refractivity contribution in [2.24, 2.45) is 0 Å². The van der Waals surface area contributed by atoms with Gasteiger partial charge in [0.15, 0.2) is 18.1 Å². The van der Waals surface area contributed by atoms with Gasteiger partial charge in [-0.1, -0.05) is 24.3 Å². The molecule has 0 aromatic heterocycles. The van der Waals surface area contributed by atoms with Crippen LogP contribution in [0.2, 0.25) is 0 Å². The third-order valence-corrected chi connectivity index (χ3v) is 3.98. The summed E-state index contributed by atoms with van der Waals surface area (Å²) >= 11 is 0. The Morgan fingerprint density at radius 3 is 2.37 bits per heavy atom. The van der Waals surface area contributed by atoms with Crippen molar-refractivity contribution in [3.8, 4) is 17.2 Å². The van der Waals surface area contributed by atoms with E-state index in [0.717, 1.165) is 5.56 Å². The molecule has 0 aliphatic carbocycles. The smallest absolute Gasteiger partial charge is 0.305 e. The molecular weight excluding hydrogens is 350 g/mol. The summed E-state index contributed by atoms with van der Waals surface area (Å²) < 4.78 is 15.9. The highest BCUT2D eigenvalue weighted by molar-refractivity contribution is 5.79. The van der Waals surface area contributed by atoms with Gasteiger partial charge in [-0.15, -0.1) is 0 Å². The van der Waals surface area contributed by atoms with Crippen LogP contribution < -0.4 is 19.5 Å². The highest BCUT2D eigenvalue weighted by Gasteiger charge is 2.20. The number of ether oxygens (including phenoxy) is 3. The molecule has 2 aromatic carbocycles. The molecule has 0 unspecified atom stereocenters. The molecular formula is C20H23NO6. The van der Waals surface area contributed by atoms with Gasteiger partial charge >= 0.3 is 5.97 Å². The largest absolute Gasteiger partial charge is 0.493 e. The summed E-state index contributed by atoms with van der Waals surface area (Å²) in [5, 5.41) is 11.9. The number of aryl methyl sites for hydroxylation is 1. The Hall–Kier alpha value is -3.22. The maximum absolute atomic E-state index is 12.3. The van der Waals surface area contributed by atoms with Gasteiger partial charge in [-0.2, -0.15) is 0 Å². The molecule has 0 spiro atoms. The minimum Gasteiger partial charge on any atom is -0.493 e. The summed E-state index contributed by atoms with van der Waals surface area (Å²) in [4.78, 5) is 23.5. The molecule has 1 atom stereocenters. The Labute approximate surface area is 157 Å². The average Bonchev–Trinajstić information content (AvgIpc) is 2.66. The fourth-order valence-electron chi connectivity index (χ4n) is 2.59. The zero-order chi connectivity index (χ0) is 19.8. The van der Waals surface area contributed by atoms with Crippen molar-refractivity contribution in [2.45, 2.75) is 19.4 Å². The molecule has 1 amide bonds. The number of amides is 1. The van der Waals surface area contributed by atoms with Crippen molar-refractivity contribution in [3.05, 3.63) is 53.6 Å². The summed E-state index contributed by atoms with van der Waals surface area (Å²) in [7, 11) is 3.00. The van der Waals surface area contributed by atoms with Crippen molar-refractivity contribution < 1.29 is 28.9 Å². The standard InChI is InChI=1S/C20H23NO6/c1-13-6-4-5-7-16(13)27-12-19(22)21-15(11-20(23)24)14-8-9-17(25-2)18(10-14)26-3/h4-10,15H,11-12H2,1-3H3,(H,21,22)(H,23,24)/t15-/m1/s1. The van der Waals surface area contributed by atoms with Gasteiger partial charge in [0, 0.05) is 0 Å². The molecule has 7 nitrogen and oxygen atoms in total. The topological polar surface area (TPSA) is 94.1 Å². The molecule has 0 radical (unpaired) electrons. The summed E-state index contributed by atoms with van der Waals surface area (Å²) in [5.41, 5.74) is 1.51. The number of carboxylic acid groups (broad SMARTS) is 1. The average molecular weight is 373 g/mol. The predicted octanol–water partition coefficient (Wildman–Crippen LogP) is 2.72. The molecule has 2 aromatic rings. The van der Waals surface area contributed by atoms with Crippen molar-refractivity contribution in [2.75, 3.05) is 20.8 Å². The Balaban J connectivity index is 2.11. The highest BCUT2D eigenvalue weighted by Crippen LogP contribution is 2.31. The molecule has 0 aliphatic rings. The first-order valence-electron chi connectivity index (χ1n) is 8.36. The fourth-order valence-corrected chi connectivity index (χ4v) is 2.59. The van der Waals surface area contributed by atoms with Crippen molar-refractivity contribution >= 4 is 11.9 Å². The zero-order valence-corrected chi connectivity index (χ0v) is 15.5. The summed E-state index contributed by atoms with van der Waals surface area (Å²) in [6.07, 6.45) is -0.272. The number of carboxylic acids is 1. The van der Waals surface area contributed by atoms with E-state index in [4.69, 9.17) is 14.2 Å². The maximum Gasteiger partial charge on any atom is 0.305 e. The molecule has 0 fully saturated rings. The van der Waals surface area contributed by atoms with Crippen LogP contribution in [0.4, 0.5) is 0 Å². The number of hydrogen-bond acceptors (Lipinski definition) is 5. The molecule has 0 saturated heterocycles. The van der Waals surface area contributed by atoms with Gasteiger partial charge in [0.05, 0.1) is 26.7 Å². The SMILES string of the molecule is COc1ccc([C@@H](CC(=O)O)NC(=O)COc2ccccc2C)cc1OC. The van der Waals surface area contributed by atoms with E-state index >= 15 is 0 Å². The van der Waals surface area contributed by atoms with Gasteiger partial charge in [0.2, 0.25) is 0 Å². The lowest BCUT2D eigenvalue weighted by Gasteiger charge is -2.19. The van der Waals surface area contributed by atoms with Gasteiger partial charge in [0.25, 0.3) is 5.91 Å². The van der Waals surface area contributed by atoms with E-state index in [-0.39, 0.29) is 13.0 Å². The zero-order valence-electron chi connectivity index (χ0n) is 15.5. The minimum absolute atomic E-state index is 0.214. The molecule has 0 heterocycles. The van der Waals surface area contributed by atoms with Crippen LogP contribution in [-0.2, 0) is 9.59 Å². The van der Waals surface area contributed by atoms with Crippen LogP contribution in [0.5, 0.6) is 17.2 Å². The first-order chi connectivity index (χ1) is 12.9. The second-order valence-electron chi connectivity index (χ2n) is 5.89. The van der Waals surface area contributed by atoms with E-state index in [0.29, 0.717) is 22.8 Å². The van der Waals surface area contributed by atoms with E-state index in [9.17, 15) is 14.7 Å². The van der Waals surface area contributed by atoms with E-state index in [2.05, 4.69) is 5.32 Å². The number of carbonyl (C=O) groups is 2. The molecule has 27 heavy (non-hydrogen) atoms. The maximum atomic E-state index is 12.3. The number of para-hydroxylation sites is 1. The molecule has 0 bridgehead atoms. The van der Waals surface area contributed by atoms with Gasteiger partial charge in [-0.3, -0.25) is 9.59 Å². The Bertz CT molecular complexity index is 805. The quantitative estimate of drug-likeness (QED) is 0.702. The normalized spacial score (nSPS) is 11.4. The van der Waals surface area contributed by atoms with Gasteiger partial charge < -0.3 is 24.6 Å². The van der Waals surface area contributed by atoms with Crippen molar-refractivity contribution in [1.29, 1.82) is 0 Å². The van der Waals surface area contributed by atoms with Crippen LogP contribution in [0.1, 0.15) is 23.6 Å². The highest BCUT2D eigenvalue weighted by atomic mass is 16.5. The third kappa shape index (κ3) is 5.64. The van der Waals surface area contributed by atoms with Crippen LogP contribution in [0.3, 0.4) is 0 Å². The van der Waals surface area contributed by atoms with Crippen molar-refractivity contribution in [3.63, 3.8) is 0 Å². The Kier molecular flexibility index (Phi) is 7.05. The second kappa shape index (κ2) is 9.47. The lowest BCUT2D eigenvalue weighted by molar-refractivity contribution is -0.137. The molecule has 2 rings (SSSR count). The molecule has 7 heteroatoms. The number of benzene rings is 2. The number of methoxy groups -OCH3 is 2. The minimum atomic E-state index is -1.03. The lowest BCUT2D eigenvalue weighted by Crippen LogP contribution is -2.34. The van der Waals surface area contributed by atoms with Gasteiger partial charge in [-0.25, -0.2) is 0 Å².